The fraction of sp³-hybridized carbons (Fsp3) is 0.304. The number of nitrogens with one attached hydrogen (secondary N) is 2. The summed E-state index contributed by atoms with van der Waals surface area (Å²) < 4.78 is 7.17. The number of ether oxygens (including phenoxy) is 1. The number of carbonyl (C=O) groups excluding carboxylic acids is 1. The molecule has 8 heteroatoms. The third-order valence-corrected chi connectivity index (χ3v) is 5.34. The standard InChI is InChI=1S/C23H26N6O2/c1-5-7-20(30)16-9-8-14(12-21(16)31-4)22-26-23(29(3)28-22)25-18-10-11-19-17(13-24-27-19)15(18)6-2/h8-13H,5-7H2,1-4H3,(H,24,27)(H,25,26,28). The monoisotopic (exact) mass is 418 g/mol. The molecule has 31 heavy (non-hydrogen) atoms. The van der Waals surface area contributed by atoms with Crippen LogP contribution in [0.1, 0.15) is 42.6 Å². The van der Waals surface area contributed by atoms with Crippen molar-refractivity contribution in [3.05, 3.63) is 47.7 Å². The van der Waals surface area contributed by atoms with E-state index < -0.39 is 0 Å². The van der Waals surface area contributed by atoms with Crippen LogP contribution in [0.25, 0.3) is 22.3 Å². The van der Waals surface area contributed by atoms with Gasteiger partial charge in [0.15, 0.2) is 11.6 Å². The van der Waals surface area contributed by atoms with E-state index in [1.54, 1.807) is 17.9 Å². The van der Waals surface area contributed by atoms with Crippen molar-refractivity contribution in [3.8, 4) is 17.1 Å². The lowest BCUT2D eigenvalue weighted by Gasteiger charge is -2.10. The first-order valence-corrected chi connectivity index (χ1v) is 10.4. The van der Waals surface area contributed by atoms with Gasteiger partial charge in [0.1, 0.15) is 5.75 Å². The van der Waals surface area contributed by atoms with E-state index in [2.05, 4.69) is 32.5 Å². The number of ketones is 1. The van der Waals surface area contributed by atoms with E-state index in [4.69, 9.17) is 4.74 Å². The third kappa shape index (κ3) is 3.88. The smallest absolute Gasteiger partial charge is 0.225 e. The van der Waals surface area contributed by atoms with E-state index in [0.29, 0.717) is 29.5 Å². The minimum atomic E-state index is 0.0731. The van der Waals surface area contributed by atoms with E-state index in [1.165, 1.54) is 0 Å². The molecule has 0 radical (unpaired) electrons. The molecule has 4 rings (SSSR count). The Kier molecular flexibility index (Phi) is 5.70. The van der Waals surface area contributed by atoms with Gasteiger partial charge < -0.3 is 10.1 Å². The van der Waals surface area contributed by atoms with Crippen LogP contribution in [-0.4, -0.2) is 37.9 Å². The topological polar surface area (TPSA) is 97.7 Å². The average Bonchev–Trinajstić information content (AvgIpc) is 3.40. The number of Topliss-reactive ketones (excluding diaryl/α,β-unsaturated/α-hetero) is 1. The normalized spacial score (nSPS) is 11.1. The zero-order chi connectivity index (χ0) is 22.0. The Morgan fingerprint density at radius 1 is 1.23 bits per heavy atom. The molecule has 160 valence electrons. The van der Waals surface area contributed by atoms with Gasteiger partial charge in [0.2, 0.25) is 5.95 Å². The number of H-pyrrole nitrogens is 1. The predicted octanol–water partition coefficient (Wildman–Crippen LogP) is 4.66. The van der Waals surface area contributed by atoms with Crippen molar-refractivity contribution < 1.29 is 9.53 Å². The zero-order valence-corrected chi connectivity index (χ0v) is 18.2. The molecular formula is C23H26N6O2. The first-order chi connectivity index (χ1) is 15.0. The number of carbonyl (C=O) groups is 1. The van der Waals surface area contributed by atoms with Crippen LogP contribution in [0.4, 0.5) is 11.6 Å². The molecular weight excluding hydrogens is 392 g/mol. The van der Waals surface area contributed by atoms with Crippen molar-refractivity contribution in [1.29, 1.82) is 0 Å². The van der Waals surface area contributed by atoms with Gasteiger partial charge >= 0.3 is 0 Å². The molecule has 0 spiro atoms. The number of aromatic nitrogens is 5. The molecule has 0 aliphatic carbocycles. The molecule has 8 nitrogen and oxygen atoms in total. The fourth-order valence-electron chi connectivity index (χ4n) is 3.73. The molecule has 0 unspecified atom stereocenters. The zero-order valence-electron chi connectivity index (χ0n) is 18.2. The number of nitrogens with zero attached hydrogens (tertiary/aromatic N) is 4. The van der Waals surface area contributed by atoms with E-state index in [1.807, 2.05) is 44.4 Å². The molecule has 0 saturated heterocycles. The minimum absolute atomic E-state index is 0.0731. The van der Waals surface area contributed by atoms with Crippen molar-refractivity contribution in [3.63, 3.8) is 0 Å². The van der Waals surface area contributed by atoms with E-state index in [-0.39, 0.29) is 5.78 Å². The summed E-state index contributed by atoms with van der Waals surface area (Å²) in [6, 6.07) is 9.48. The SMILES string of the molecule is CCCC(=O)c1ccc(-c2nc(Nc3ccc4[nH]ncc4c3CC)n(C)n2)cc1OC. The van der Waals surface area contributed by atoms with E-state index in [0.717, 1.165) is 40.6 Å². The quantitative estimate of drug-likeness (QED) is 0.404. The Bertz CT molecular complexity index is 1240. The lowest BCUT2D eigenvalue weighted by Crippen LogP contribution is -2.02. The highest BCUT2D eigenvalue weighted by atomic mass is 16.5. The van der Waals surface area contributed by atoms with Crippen LogP contribution in [0, 0.1) is 0 Å². The first-order valence-electron chi connectivity index (χ1n) is 10.4. The van der Waals surface area contributed by atoms with Crippen LogP contribution in [0.3, 0.4) is 0 Å². The Hall–Kier alpha value is -3.68. The van der Waals surface area contributed by atoms with E-state index >= 15 is 0 Å². The van der Waals surface area contributed by atoms with E-state index in [9.17, 15) is 4.79 Å². The maximum Gasteiger partial charge on any atom is 0.225 e. The predicted molar refractivity (Wildman–Crippen MR) is 121 cm³/mol. The molecule has 2 N–H and O–H groups in total. The number of benzene rings is 2. The van der Waals surface area contributed by atoms with Crippen LogP contribution in [-0.2, 0) is 13.5 Å². The number of methoxy groups -OCH3 is 1. The molecule has 0 atom stereocenters. The van der Waals surface area contributed by atoms with Crippen LogP contribution in [0.15, 0.2) is 36.5 Å². The van der Waals surface area contributed by atoms with Crippen molar-refractivity contribution in [2.45, 2.75) is 33.1 Å². The second-order valence-electron chi connectivity index (χ2n) is 7.37. The van der Waals surface area contributed by atoms with Gasteiger partial charge in [-0.1, -0.05) is 19.9 Å². The lowest BCUT2D eigenvalue weighted by atomic mass is 10.0. The lowest BCUT2D eigenvalue weighted by molar-refractivity contribution is 0.0979. The average molecular weight is 419 g/mol. The number of aromatic amines is 1. The number of aryl methyl sites for hydroxylation is 2. The molecule has 0 saturated carbocycles. The summed E-state index contributed by atoms with van der Waals surface area (Å²) in [5.41, 5.74) is 4.51. The maximum absolute atomic E-state index is 12.3. The van der Waals surface area contributed by atoms with Crippen LogP contribution >= 0.6 is 0 Å². The Morgan fingerprint density at radius 3 is 2.81 bits per heavy atom. The first kappa shape index (κ1) is 20.6. The molecule has 0 fully saturated rings. The van der Waals surface area contributed by atoms with Crippen molar-refractivity contribution in [1.82, 2.24) is 25.0 Å². The summed E-state index contributed by atoms with van der Waals surface area (Å²) in [7, 11) is 3.41. The Balaban J connectivity index is 1.66. The maximum atomic E-state index is 12.3. The van der Waals surface area contributed by atoms with Gasteiger partial charge in [-0.3, -0.25) is 9.89 Å². The largest absolute Gasteiger partial charge is 0.496 e. The molecule has 4 aromatic rings. The number of rotatable bonds is 8. The van der Waals surface area contributed by atoms with Gasteiger partial charge in [-0.05, 0) is 42.7 Å². The Labute approximate surface area is 180 Å². The van der Waals surface area contributed by atoms with Gasteiger partial charge in [0.25, 0.3) is 0 Å². The summed E-state index contributed by atoms with van der Waals surface area (Å²) in [6.45, 7) is 4.10. The van der Waals surface area contributed by atoms with Gasteiger partial charge in [0.05, 0.1) is 24.4 Å². The van der Waals surface area contributed by atoms with Crippen LogP contribution < -0.4 is 10.1 Å². The summed E-state index contributed by atoms with van der Waals surface area (Å²) in [6.07, 6.45) is 3.99. The highest BCUT2D eigenvalue weighted by Gasteiger charge is 2.17. The third-order valence-electron chi connectivity index (χ3n) is 5.34. The highest BCUT2D eigenvalue weighted by Crippen LogP contribution is 2.30. The Morgan fingerprint density at radius 2 is 2.06 bits per heavy atom. The second kappa shape index (κ2) is 8.59. The van der Waals surface area contributed by atoms with Gasteiger partial charge in [-0.15, -0.1) is 5.10 Å². The fourth-order valence-corrected chi connectivity index (χ4v) is 3.73. The molecule has 0 amide bonds. The molecule has 0 aliphatic rings. The summed E-state index contributed by atoms with van der Waals surface area (Å²) in [5.74, 6) is 1.79. The molecule has 0 aliphatic heterocycles. The number of hydrogen-bond donors (Lipinski definition) is 2. The van der Waals surface area contributed by atoms with Gasteiger partial charge in [-0.2, -0.15) is 10.1 Å². The van der Waals surface area contributed by atoms with Gasteiger partial charge in [-0.25, -0.2) is 4.68 Å². The van der Waals surface area contributed by atoms with Crippen LogP contribution in [0.2, 0.25) is 0 Å². The van der Waals surface area contributed by atoms with Crippen LogP contribution in [0.5, 0.6) is 5.75 Å². The molecule has 0 bridgehead atoms. The summed E-state index contributed by atoms with van der Waals surface area (Å²) in [4.78, 5) is 17.0. The second-order valence-corrected chi connectivity index (χ2v) is 7.37. The number of anilines is 2. The molecule has 2 aromatic heterocycles. The van der Waals surface area contributed by atoms with Crippen molar-refractivity contribution >= 4 is 28.3 Å². The van der Waals surface area contributed by atoms with Crippen molar-refractivity contribution in [2.24, 2.45) is 7.05 Å². The minimum Gasteiger partial charge on any atom is -0.496 e. The highest BCUT2D eigenvalue weighted by molar-refractivity contribution is 5.99. The molecule has 2 aromatic carbocycles. The van der Waals surface area contributed by atoms with Gasteiger partial charge in [0, 0.05) is 30.1 Å². The number of fused-ring (bicyclic) bond motifs is 1. The molecule has 2 heterocycles. The number of hydrogen-bond acceptors (Lipinski definition) is 6. The summed E-state index contributed by atoms with van der Waals surface area (Å²) >= 11 is 0. The van der Waals surface area contributed by atoms with Crippen molar-refractivity contribution in [2.75, 3.05) is 12.4 Å². The summed E-state index contributed by atoms with van der Waals surface area (Å²) in [5, 5.41) is 16.2.